The normalized spacial score (nSPS) is 11.7. The van der Waals surface area contributed by atoms with E-state index in [4.69, 9.17) is 0 Å². The average Bonchev–Trinajstić information content (AvgIpc) is 4.02. The van der Waals surface area contributed by atoms with Gasteiger partial charge >= 0.3 is 0 Å². The second kappa shape index (κ2) is 18.5. The lowest BCUT2D eigenvalue weighted by Gasteiger charge is -2.36. The Hall–Kier alpha value is -9.54. The summed E-state index contributed by atoms with van der Waals surface area (Å²) in [6.07, 6.45) is 0. The maximum Gasteiger partial charge on any atom is 0.179 e. The molecule has 0 radical (unpaired) electrons. The third-order valence-electron chi connectivity index (χ3n) is 15.5. The van der Waals surface area contributed by atoms with Crippen molar-refractivity contribution in [2.24, 2.45) is 0 Å². The zero-order valence-corrected chi connectivity index (χ0v) is 42.3. The van der Waals surface area contributed by atoms with Crippen LogP contribution in [0.2, 0.25) is 0 Å². The molecule has 0 aliphatic heterocycles. The minimum absolute atomic E-state index is 1.12. The van der Waals surface area contributed by atoms with E-state index in [-0.39, 0.29) is 0 Å². The Balaban J connectivity index is 1.06. The van der Waals surface area contributed by atoms with E-state index in [9.17, 15) is 0 Å². The van der Waals surface area contributed by atoms with Crippen molar-refractivity contribution in [2.75, 3.05) is 0 Å². The highest BCUT2D eigenvalue weighted by atomic mass is 28.3. The summed E-state index contributed by atoms with van der Waals surface area (Å²) >= 11 is 0. The molecule has 0 saturated carbocycles. The zero-order chi connectivity index (χ0) is 49.7. The van der Waals surface area contributed by atoms with Gasteiger partial charge in [-0.1, -0.05) is 255 Å². The fourth-order valence-corrected chi connectivity index (χ4v) is 16.9. The molecule has 0 aliphatic carbocycles. The lowest BCUT2D eigenvalue weighted by atomic mass is 9.95. The van der Waals surface area contributed by atoms with Crippen molar-refractivity contribution in [3.05, 3.63) is 303 Å². The highest BCUT2D eigenvalue weighted by Gasteiger charge is 2.42. The van der Waals surface area contributed by atoms with E-state index in [0.717, 1.165) is 22.4 Å². The van der Waals surface area contributed by atoms with Gasteiger partial charge in [-0.25, -0.2) is 0 Å². The quantitative estimate of drug-likeness (QED) is 0.0955. The summed E-state index contributed by atoms with van der Waals surface area (Å²) in [5.74, 6) is 0. The van der Waals surface area contributed by atoms with Crippen LogP contribution in [0.1, 0.15) is 0 Å². The molecule has 2 aromatic heterocycles. The maximum absolute atomic E-state index is 2.99. The lowest BCUT2D eigenvalue weighted by Crippen LogP contribution is -2.74. The van der Waals surface area contributed by atoms with Gasteiger partial charge in [0.2, 0.25) is 0 Å². The van der Waals surface area contributed by atoms with Gasteiger partial charge in [0.05, 0.1) is 27.8 Å². The Kier molecular flexibility index (Phi) is 10.9. The van der Waals surface area contributed by atoms with Crippen LogP contribution in [0.3, 0.4) is 0 Å². The van der Waals surface area contributed by atoms with Crippen LogP contribution in [0.25, 0.3) is 99.5 Å². The molecule has 0 unspecified atom stereocenters. The van der Waals surface area contributed by atoms with Crippen molar-refractivity contribution in [3.63, 3.8) is 0 Å². The summed E-state index contributed by atoms with van der Waals surface area (Å²) in [5, 5.41) is 10.2. The van der Waals surface area contributed by atoms with Crippen LogP contribution in [0.4, 0.5) is 0 Å². The summed E-state index contributed by atoms with van der Waals surface area (Å²) in [6.45, 7) is 0. The third kappa shape index (κ3) is 7.39. The van der Waals surface area contributed by atoms with Crippen LogP contribution < -0.4 is 20.7 Å². The topological polar surface area (TPSA) is 9.86 Å². The Morgan fingerprint density at radius 1 is 0.213 bits per heavy atom. The lowest BCUT2D eigenvalue weighted by molar-refractivity contribution is 1.17. The molecular weight excluding hydrogens is 921 g/mol. The monoisotopic (exact) mass is 970 g/mol. The molecule has 2 nitrogen and oxygen atoms in total. The summed E-state index contributed by atoms with van der Waals surface area (Å²) in [5.41, 5.74) is 16.5. The summed E-state index contributed by atoms with van der Waals surface area (Å²) in [6, 6.07) is 113. The largest absolute Gasteiger partial charge is 0.309 e. The van der Waals surface area contributed by atoms with E-state index in [0.29, 0.717) is 0 Å². The molecule has 0 bridgehead atoms. The summed E-state index contributed by atoms with van der Waals surface area (Å²) < 4.78 is 5.03. The number of rotatable bonds is 10. The molecule has 0 fully saturated rings. The Morgan fingerprint density at radius 2 is 0.560 bits per heavy atom. The van der Waals surface area contributed by atoms with Crippen molar-refractivity contribution in [2.45, 2.75) is 0 Å². The number of aromatic nitrogens is 2. The SMILES string of the molecule is c1ccc(-c2ccc3c(c2)c2cc(-c4ccccc4)ccc2n3-c2ccc3c(c2)c2ccccc2n3-c2c(-c3ccccc3)cc([Si](c3ccccc3)(c3ccccc3)c3ccccc3)cc2-c2ccccc2)cc1. The molecular formula is C72H50N2Si. The fourth-order valence-electron chi connectivity index (χ4n) is 12.1. The van der Waals surface area contributed by atoms with Crippen LogP contribution in [0.5, 0.6) is 0 Å². The first-order valence-corrected chi connectivity index (χ1v) is 27.9. The molecule has 75 heavy (non-hydrogen) atoms. The van der Waals surface area contributed by atoms with E-state index < -0.39 is 8.07 Å². The molecule has 0 spiro atoms. The van der Waals surface area contributed by atoms with Crippen LogP contribution >= 0.6 is 0 Å². The Labute approximate surface area is 438 Å². The van der Waals surface area contributed by atoms with Gasteiger partial charge in [-0.2, -0.15) is 0 Å². The van der Waals surface area contributed by atoms with Gasteiger partial charge in [-0.15, -0.1) is 0 Å². The maximum atomic E-state index is 2.56. The van der Waals surface area contributed by atoms with Crippen LogP contribution in [0.15, 0.2) is 303 Å². The Morgan fingerprint density at radius 3 is 1.01 bits per heavy atom. The fraction of sp³-hybridized carbons (Fsp3) is 0. The molecule has 0 atom stereocenters. The molecule has 14 aromatic rings. The minimum atomic E-state index is -2.99. The predicted molar refractivity (Wildman–Crippen MR) is 320 cm³/mol. The van der Waals surface area contributed by atoms with Crippen molar-refractivity contribution in [1.29, 1.82) is 0 Å². The molecule has 2 heterocycles. The predicted octanol–water partition coefficient (Wildman–Crippen LogP) is 15.9. The molecule has 0 N–H and O–H groups in total. The molecule has 14 rings (SSSR count). The van der Waals surface area contributed by atoms with Gasteiger partial charge in [-0.3, -0.25) is 0 Å². The van der Waals surface area contributed by atoms with Gasteiger partial charge < -0.3 is 9.13 Å². The van der Waals surface area contributed by atoms with Gasteiger partial charge in [0.15, 0.2) is 8.07 Å². The highest BCUT2D eigenvalue weighted by Crippen LogP contribution is 2.43. The van der Waals surface area contributed by atoms with Crippen molar-refractivity contribution < 1.29 is 0 Å². The number of fused-ring (bicyclic) bond motifs is 6. The third-order valence-corrected chi connectivity index (χ3v) is 20.2. The Bertz CT molecular complexity index is 4100. The van der Waals surface area contributed by atoms with Gasteiger partial charge in [0.1, 0.15) is 0 Å². The zero-order valence-electron chi connectivity index (χ0n) is 41.3. The standard InChI is InChI=1S/C72H50N2Si/c1-8-24-51(25-9-1)55-40-43-69-65(46-55)66-47-56(52-26-10-2-11-27-52)41-44-70(66)73(69)57-42-45-71-67(48-57)62-38-22-23-39-68(62)74(71)72-63(53-28-12-3-13-29-53)49-61(50-64(72)54-30-14-4-15-31-54)75(58-32-16-5-17-33-58,59-34-18-6-19-35-59)60-36-20-7-21-37-60/h1-50H. The first kappa shape index (κ1) is 44.2. The molecule has 0 saturated heterocycles. The molecule has 352 valence electrons. The van der Waals surface area contributed by atoms with E-state index >= 15 is 0 Å². The first-order chi connectivity index (χ1) is 37.2. The van der Waals surface area contributed by atoms with Crippen molar-refractivity contribution in [1.82, 2.24) is 9.13 Å². The summed E-state index contributed by atoms with van der Waals surface area (Å²) in [7, 11) is -2.99. The number of benzene rings is 12. The van der Waals surface area contributed by atoms with E-state index in [1.165, 1.54) is 97.8 Å². The molecule has 0 amide bonds. The van der Waals surface area contributed by atoms with Gasteiger partial charge in [0.25, 0.3) is 0 Å². The average molecular weight is 971 g/mol. The van der Waals surface area contributed by atoms with Crippen molar-refractivity contribution >= 4 is 72.4 Å². The van der Waals surface area contributed by atoms with Crippen LogP contribution in [0, 0.1) is 0 Å². The van der Waals surface area contributed by atoms with Crippen LogP contribution in [-0.4, -0.2) is 17.2 Å². The number of nitrogens with zero attached hydrogens (tertiary/aromatic N) is 2. The smallest absolute Gasteiger partial charge is 0.179 e. The minimum Gasteiger partial charge on any atom is -0.309 e. The van der Waals surface area contributed by atoms with Gasteiger partial charge in [-0.05, 0) is 103 Å². The number of hydrogen-bond acceptors (Lipinski definition) is 0. The summed E-state index contributed by atoms with van der Waals surface area (Å²) in [4.78, 5) is 0. The second-order valence-electron chi connectivity index (χ2n) is 19.6. The molecule has 0 aliphatic rings. The van der Waals surface area contributed by atoms with E-state index in [2.05, 4.69) is 312 Å². The highest BCUT2D eigenvalue weighted by molar-refractivity contribution is 7.20. The second-order valence-corrected chi connectivity index (χ2v) is 23.4. The van der Waals surface area contributed by atoms with E-state index in [1.807, 2.05) is 0 Å². The van der Waals surface area contributed by atoms with Crippen LogP contribution in [-0.2, 0) is 0 Å². The number of hydrogen-bond donors (Lipinski definition) is 0. The molecule has 12 aromatic carbocycles. The first-order valence-electron chi connectivity index (χ1n) is 25.9. The molecule has 3 heteroatoms. The van der Waals surface area contributed by atoms with Gasteiger partial charge in [0, 0.05) is 38.4 Å². The van der Waals surface area contributed by atoms with Crippen molar-refractivity contribution in [3.8, 4) is 55.9 Å². The van der Waals surface area contributed by atoms with E-state index in [1.54, 1.807) is 0 Å². The number of para-hydroxylation sites is 1.